The highest BCUT2D eigenvalue weighted by Gasteiger charge is 2.31. The van der Waals surface area contributed by atoms with E-state index in [0.29, 0.717) is 6.04 Å². The monoisotopic (exact) mass is 419 g/mol. The minimum atomic E-state index is -0.236. The van der Waals surface area contributed by atoms with Crippen LogP contribution in [-0.2, 0) is 13.0 Å². The van der Waals surface area contributed by atoms with Crippen LogP contribution in [0, 0.1) is 11.6 Å². The third kappa shape index (κ3) is 4.39. The highest BCUT2D eigenvalue weighted by Crippen LogP contribution is 2.33. The Morgan fingerprint density at radius 2 is 1.39 bits per heavy atom. The number of hydrogen-bond acceptors (Lipinski definition) is 3. The summed E-state index contributed by atoms with van der Waals surface area (Å²) in [7, 11) is 0. The number of likely N-dealkylation sites (tertiary alicyclic amines) is 1. The van der Waals surface area contributed by atoms with Crippen LogP contribution in [0.5, 0.6) is 0 Å². The molecule has 0 radical (unpaired) electrons. The molecule has 2 aliphatic heterocycles. The zero-order chi connectivity index (χ0) is 21.2. The Morgan fingerprint density at radius 1 is 0.774 bits per heavy atom. The van der Waals surface area contributed by atoms with Crippen LogP contribution < -0.4 is 0 Å². The average molecular weight is 420 g/mol. The number of benzene rings is 2. The summed E-state index contributed by atoms with van der Waals surface area (Å²) >= 11 is 0. The molecule has 0 spiro atoms. The Kier molecular flexibility index (Phi) is 5.79. The second-order valence-corrected chi connectivity index (χ2v) is 8.64. The number of hydrogen-bond donors (Lipinski definition) is 0. The summed E-state index contributed by atoms with van der Waals surface area (Å²) in [6.45, 7) is 4.00. The second kappa shape index (κ2) is 8.85. The minimum absolute atomic E-state index is 0.00781. The molecule has 3 aromatic rings. The van der Waals surface area contributed by atoms with Gasteiger partial charge in [0, 0.05) is 44.6 Å². The lowest BCUT2D eigenvalue weighted by Gasteiger charge is -2.43. The number of fused-ring (bicyclic) bond motifs is 1. The Balaban J connectivity index is 1.32. The fraction of sp³-hybridized carbons (Fsp3) is 0.346. The first-order valence-electron chi connectivity index (χ1n) is 11.1. The minimum Gasteiger partial charge on any atom is -0.296 e. The van der Waals surface area contributed by atoms with E-state index in [1.165, 1.54) is 35.4 Å². The van der Waals surface area contributed by atoms with Crippen molar-refractivity contribution in [3.63, 3.8) is 0 Å². The van der Waals surface area contributed by atoms with Crippen molar-refractivity contribution in [2.75, 3.05) is 19.6 Å². The Morgan fingerprint density at radius 3 is 2.00 bits per heavy atom. The summed E-state index contributed by atoms with van der Waals surface area (Å²) in [4.78, 5) is 9.36. The van der Waals surface area contributed by atoms with E-state index in [1.54, 1.807) is 0 Å². The third-order valence-electron chi connectivity index (χ3n) is 6.80. The Labute approximate surface area is 182 Å². The molecule has 5 rings (SSSR count). The molecule has 1 saturated heterocycles. The van der Waals surface area contributed by atoms with Crippen LogP contribution in [0.2, 0.25) is 0 Å². The predicted octanol–water partition coefficient (Wildman–Crippen LogP) is 4.97. The van der Waals surface area contributed by atoms with Crippen molar-refractivity contribution >= 4 is 0 Å². The normalized spacial score (nSPS) is 18.3. The molecule has 3 nitrogen and oxygen atoms in total. The highest BCUT2D eigenvalue weighted by atomic mass is 19.1. The van der Waals surface area contributed by atoms with Crippen molar-refractivity contribution in [2.45, 2.75) is 37.9 Å². The van der Waals surface area contributed by atoms with E-state index >= 15 is 0 Å². The van der Waals surface area contributed by atoms with Crippen LogP contribution in [-0.4, -0.2) is 40.5 Å². The van der Waals surface area contributed by atoms with Gasteiger partial charge in [0.1, 0.15) is 11.6 Å². The molecular weight excluding hydrogens is 392 g/mol. The summed E-state index contributed by atoms with van der Waals surface area (Å²) in [6.07, 6.45) is 7.17. The number of piperidine rings is 1. The van der Waals surface area contributed by atoms with Gasteiger partial charge in [-0.2, -0.15) is 0 Å². The van der Waals surface area contributed by atoms with Gasteiger partial charge >= 0.3 is 0 Å². The highest BCUT2D eigenvalue weighted by molar-refractivity contribution is 5.32. The van der Waals surface area contributed by atoms with Gasteiger partial charge in [0.2, 0.25) is 0 Å². The van der Waals surface area contributed by atoms with Gasteiger partial charge in [-0.15, -0.1) is 0 Å². The lowest BCUT2D eigenvalue weighted by atomic mass is 9.92. The molecule has 0 unspecified atom stereocenters. The van der Waals surface area contributed by atoms with Gasteiger partial charge in [-0.1, -0.05) is 24.3 Å². The van der Waals surface area contributed by atoms with Gasteiger partial charge in [0.15, 0.2) is 0 Å². The molecule has 3 heterocycles. The maximum atomic E-state index is 13.5. The largest absolute Gasteiger partial charge is 0.296 e. The smallest absolute Gasteiger partial charge is 0.123 e. The molecule has 5 heteroatoms. The Bertz CT molecular complexity index is 966. The van der Waals surface area contributed by atoms with Crippen LogP contribution >= 0.6 is 0 Å². The second-order valence-electron chi connectivity index (χ2n) is 8.64. The molecule has 0 amide bonds. The standard InChI is InChI=1S/C26H27F2N3/c27-23-5-1-20(2-6-23)26(21-3-7-24(28)8-4-21)30-15-11-25(12-16-30)31-14-10-19-9-13-29-17-22(19)18-31/h1-9,13,17,25-26H,10-12,14-16,18H2. The topological polar surface area (TPSA) is 19.4 Å². The van der Waals surface area contributed by atoms with Gasteiger partial charge in [0.05, 0.1) is 6.04 Å². The molecule has 0 atom stereocenters. The lowest BCUT2D eigenvalue weighted by molar-refractivity contribution is 0.0841. The molecule has 0 saturated carbocycles. The number of rotatable bonds is 4. The van der Waals surface area contributed by atoms with E-state index in [4.69, 9.17) is 0 Å². The first kappa shape index (κ1) is 20.3. The molecule has 2 aliphatic rings. The number of halogens is 2. The summed E-state index contributed by atoms with van der Waals surface area (Å²) < 4.78 is 27.1. The van der Waals surface area contributed by atoms with Crippen molar-refractivity contribution in [3.05, 3.63) is 101 Å². The average Bonchev–Trinajstić information content (AvgIpc) is 2.82. The van der Waals surface area contributed by atoms with E-state index in [1.807, 2.05) is 36.7 Å². The number of nitrogens with zero attached hydrogens (tertiary/aromatic N) is 3. The van der Waals surface area contributed by atoms with Crippen LogP contribution in [0.4, 0.5) is 8.78 Å². The van der Waals surface area contributed by atoms with Gasteiger partial charge in [-0.05, 0) is 71.8 Å². The molecule has 1 aromatic heterocycles. The first-order valence-corrected chi connectivity index (χ1v) is 11.1. The van der Waals surface area contributed by atoms with Gasteiger partial charge in [-0.3, -0.25) is 14.8 Å². The fourth-order valence-corrected chi connectivity index (χ4v) is 5.13. The molecule has 0 N–H and O–H groups in total. The van der Waals surface area contributed by atoms with E-state index in [0.717, 1.165) is 56.6 Å². The lowest BCUT2D eigenvalue weighted by Crippen LogP contribution is -2.47. The maximum absolute atomic E-state index is 13.5. The van der Waals surface area contributed by atoms with Crippen LogP contribution in [0.15, 0.2) is 67.0 Å². The van der Waals surface area contributed by atoms with E-state index in [9.17, 15) is 8.78 Å². The molecule has 1 fully saturated rings. The molecule has 2 aromatic carbocycles. The van der Waals surface area contributed by atoms with Crippen molar-refractivity contribution in [2.24, 2.45) is 0 Å². The van der Waals surface area contributed by atoms with Gasteiger partial charge in [0.25, 0.3) is 0 Å². The zero-order valence-electron chi connectivity index (χ0n) is 17.6. The maximum Gasteiger partial charge on any atom is 0.123 e. The first-order chi connectivity index (χ1) is 15.2. The van der Waals surface area contributed by atoms with Crippen LogP contribution in [0.3, 0.4) is 0 Å². The van der Waals surface area contributed by atoms with E-state index in [-0.39, 0.29) is 17.7 Å². The molecular formula is C26H27F2N3. The predicted molar refractivity (Wildman–Crippen MR) is 118 cm³/mol. The zero-order valence-corrected chi connectivity index (χ0v) is 17.6. The molecule has 31 heavy (non-hydrogen) atoms. The molecule has 0 aliphatic carbocycles. The van der Waals surface area contributed by atoms with Crippen molar-refractivity contribution in [1.29, 1.82) is 0 Å². The van der Waals surface area contributed by atoms with Crippen molar-refractivity contribution < 1.29 is 8.78 Å². The van der Waals surface area contributed by atoms with Crippen LogP contribution in [0.1, 0.15) is 41.1 Å². The summed E-state index contributed by atoms with van der Waals surface area (Å²) in [5.41, 5.74) is 4.87. The van der Waals surface area contributed by atoms with Crippen LogP contribution in [0.25, 0.3) is 0 Å². The number of aromatic nitrogens is 1. The quantitative estimate of drug-likeness (QED) is 0.595. The molecule has 160 valence electrons. The third-order valence-corrected chi connectivity index (χ3v) is 6.80. The fourth-order valence-electron chi connectivity index (χ4n) is 5.13. The van der Waals surface area contributed by atoms with Crippen molar-refractivity contribution in [3.8, 4) is 0 Å². The van der Waals surface area contributed by atoms with Gasteiger partial charge < -0.3 is 0 Å². The summed E-state index contributed by atoms with van der Waals surface area (Å²) in [5, 5.41) is 0. The summed E-state index contributed by atoms with van der Waals surface area (Å²) in [6, 6.07) is 16.2. The SMILES string of the molecule is Fc1ccc(C(c2ccc(F)cc2)N2CCC(N3CCc4ccncc4C3)CC2)cc1. The van der Waals surface area contributed by atoms with Gasteiger partial charge in [-0.25, -0.2) is 8.78 Å². The van der Waals surface area contributed by atoms with E-state index in [2.05, 4.69) is 20.9 Å². The summed E-state index contributed by atoms with van der Waals surface area (Å²) in [5.74, 6) is -0.472. The Hall–Kier alpha value is -2.63. The van der Waals surface area contributed by atoms with Crippen molar-refractivity contribution in [1.82, 2.24) is 14.8 Å². The molecule has 0 bridgehead atoms. The van der Waals surface area contributed by atoms with E-state index < -0.39 is 0 Å². The number of pyridine rings is 1.